The van der Waals surface area contributed by atoms with Gasteiger partial charge in [-0.2, -0.15) is 0 Å². The third kappa shape index (κ3) is 4.44. The lowest BCUT2D eigenvalue weighted by molar-refractivity contribution is -0.128. The zero-order chi connectivity index (χ0) is 20.3. The first kappa shape index (κ1) is 19.7. The van der Waals surface area contributed by atoms with Crippen molar-refractivity contribution in [2.24, 2.45) is 0 Å². The van der Waals surface area contributed by atoms with Crippen LogP contribution in [0.1, 0.15) is 36.6 Å². The number of nitrogens with zero attached hydrogens (tertiary/aromatic N) is 2. The average molecular weight is 381 g/mol. The monoisotopic (exact) mass is 381 g/mol. The molecule has 28 heavy (non-hydrogen) atoms. The smallest absolute Gasteiger partial charge is 0.322 e. The summed E-state index contributed by atoms with van der Waals surface area (Å²) in [6.45, 7) is 7.01. The van der Waals surface area contributed by atoms with Gasteiger partial charge in [0, 0.05) is 31.8 Å². The van der Waals surface area contributed by atoms with Gasteiger partial charge in [0.15, 0.2) is 0 Å². The molecular weight excluding hydrogens is 354 g/mol. The zero-order valence-corrected chi connectivity index (χ0v) is 16.9. The molecule has 0 saturated carbocycles. The van der Waals surface area contributed by atoms with Gasteiger partial charge in [0.2, 0.25) is 5.91 Å². The highest BCUT2D eigenvalue weighted by Gasteiger charge is 2.27. The molecule has 1 aliphatic rings. The Morgan fingerprint density at radius 1 is 1.21 bits per heavy atom. The zero-order valence-electron chi connectivity index (χ0n) is 16.9. The largest absolute Gasteiger partial charge is 0.491 e. The second kappa shape index (κ2) is 8.33. The van der Waals surface area contributed by atoms with E-state index < -0.39 is 0 Å². The Kier molecular flexibility index (Phi) is 5.87. The summed E-state index contributed by atoms with van der Waals surface area (Å²) < 4.78 is 5.87. The van der Waals surface area contributed by atoms with Crippen LogP contribution in [-0.2, 0) is 11.3 Å². The van der Waals surface area contributed by atoms with Crippen molar-refractivity contribution in [2.45, 2.75) is 33.4 Å². The van der Waals surface area contributed by atoms with E-state index >= 15 is 0 Å². The van der Waals surface area contributed by atoms with Crippen molar-refractivity contribution in [3.05, 3.63) is 59.2 Å². The number of hydrogen-bond acceptors (Lipinski definition) is 3. The molecule has 0 spiro atoms. The van der Waals surface area contributed by atoms with E-state index in [2.05, 4.69) is 5.32 Å². The van der Waals surface area contributed by atoms with Gasteiger partial charge >= 0.3 is 6.03 Å². The lowest BCUT2D eigenvalue weighted by atomic mass is 10.0. The van der Waals surface area contributed by atoms with Gasteiger partial charge in [0.05, 0.1) is 12.6 Å². The number of urea groups is 1. The number of ether oxygens (including phenoxy) is 1. The number of carbonyl (C=O) groups excluding carboxylic acids is 2. The number of amides is 3. The molecule has 2 aromatic carbocycles. The first-order chi connectivity index (χ1) is 13.3. The maximum Gasteiger partial charge on any atom is 0.322 e. The fourth-order valence-electron chi connectivity index (χ4n) is 3.26. The molecule has 2 aromatic rings. The number of rotatable bonds is 3. The second-order valence-corrected chi connectivity index (χ2v) is 7.26. The summed E-state index contributed by atoms with van der Waals surface area (Å²) in [4.78, 5) is 27.9. The van der Waals surface area contributed by atoms with Gasteiger partial charge < -0.3 is 19.9 Å². The van der Waals surface area contributed by atoms with Gasteiger partial charge in [-0.3, -0.25) is 4.79 Å². The van der Waals surface area contributed by atoms with Gasteiger partial charge in [-0.15, -0.1) is 0 Å². The van der Waals surface area contributed by atoms with Crippen molar-refractivity contribution in [1.29, 1.82) is 0 Å². The van der Waals surface area contributed by atoms with Crippen LogP contribution >= 0.6 is 0 Å². The topological polar surface area (TPSA) is 61.9 Å². The minimum Gasteiger partial charge on any atom is -0.491 e. The average Bonchev–Trinajstić information content (AvgIpc) is 2.82. The molecule has 3 rings (SSSR count). The van der Waals surface area contributed by atoms with E-state index in [4.69, 9.17) is 4.74 Å². The molecule has 148 valence electrons. The maximum atomic E-state index is 12.9. The van der Waals surface area contributed by atoms with E-state index in [-0.39, 0.29) is 18.0 Å². The van der Waals surface area contributed by atoms with E-state index in [1.54, 1.807) is 23.8 Å². The van der Waals surface area contributed by atoms with Gasteiger partial charge in [-0.1, -0.05) is 23.8 Å². The molecule has 1 N–H and O–H groups in total. The fourth-order valence-corrected chi connectivity index (χ4v) is 3.26. The maximum absolute atomic E-state index is 12.9. The van der Waals surface area contributed by atoms with Gasteiger partial charge in [-0.05, 0) is 43.7 Å². The van der Waals surface area contributed by atoms with E-state index in [0.717, 1.165) is 28.1 Å². The number of fused-ring (bicyclic) bond motifs is 1. The molecule has 1 heterocycles. The van der Waals surface area contributed by atoms with E-state index in [9.17, 15) is 9.59 Å². The highest BCUT2D eigenvalue weighted by atomic mass is 16.5. The molecule has 0 radical (unpaired) electrons. The highest BCUT2D eigenvalue weighted by Crippen LogP contribution is 2.33. The molecule has 0 fully saturated rings. The third-order valence-corrected chi connectivity index (χ3v) is 5.10. The SMILES string of the molecule is CC(=O)N(C)Cc1ccc2c(c1)[C@@H](C)N(C(=O)Nc1ccc(C)cc1)CCO2. The summed E-state index contributed by atoms with van der Waals surface area (Å²) in [6, 6.07) is 13.4. The number of aryl methyl sites for hydroxylation is 1. The van der Waals surface area contributed by atoms with Crippen LogP contribution in [0.4, 0.5) is 10.5 Å². The predicted molar refractivity (Wildman–Crippen MR) is 109 cm³/mol. The third-order valence-electron chi connectivity index (χ3n) is 5.10. The number of nitrogens with one attached hydrogen (secondary N) is 1. The lowest BCUT2D eigenvalue weighted by Crippen LogP contribution is -2.38. The summed E-state index contributed by atoms with van der Waals surface area (Å²) in [6.07, 6.45) is 0. The molecule has 0 saturated heterocycles. The number of benzene rings is 2. The molecule has 3 amide bonds. The van der Waals surface area contributed by atoms with Crippen molar-refractivity contribution in [3.8, 4) is 5.75 Å². The summed E-state index contributed by atoms with van der Waals surface area (Å²) in [5.74, 6) is 0.797. The Bertz CT molecular complexity index is 864. The van der Waals surface area contributed by atoms with Crippen LogP contribution < -0.4 is 10.1 Å². The molecule has 0 aliphatic carbocycles. The Balaban J connectivity index is 1.80. The quantitative estimate of drug-likeness (QED) is 0.875. The van der Waals surface area contributed by atoms with Crippen LogP contribution in [0.15, 0.2) is 42.5 Å². The van der Waals surface area contributed by atoms with Crippen molar-refractivity contribution >= 4 is 17.6 Å². The predicted octanol–water partition coefficient (Wildman–Crippen LogP) is 3.96. The number of carbonyl (C=O) groups is 2. The number of anilines is 1. The van der Waals surface area contributed by atoms with Crippen LogP contribution in [0.25, 0.3) is 0 Å². The van der Waals surface area contributed by atoms with Crippen molar-refractivity contribution in [2.75, 3.05) is 25.5 Å². The standard InChI is InChI=1S/C22H27N3O3/c1-15-5-8-19(9-6-15)23-22(27)25-11-12-28-21-10-7-18(13-20(21)16(25)2)14-24(4)17(3)26/h5-10,13,16H,11-12,14H2,1-4H3,(H,23,27)/t16-/m1/s1. The molecule has 0 unspecified atom stereocenters. The molecule has 0 bridgehead atoms. The Morgan fingerprint density at radius 2 is 1.93 bits per heavy atom. The fraction of sp³-hybridized carbons (Fsp3) is 0.364. The summed E-state index contributed by atoms with van der Waals surface area (Å²) in [7, 11) is 1.77. The van der Waals surface area contributed by atoms with Crippen LogP contribution in [-0.4, -0.2) is 41.9 Å². The van der Waals surface area contributed by atoms with Crippen LogP contribution in [0.2, 0.25) is 0 Å². The Hall–Kier alpha value is -3.02. The summed E-state index contributed by atoms with van der Waals surface area (Å²) >= 11 is 0. The Labute approximate surface area is 166 Å². The molecule has 0 aromatic heterocycles. The molecule has 6 heteroatoms. The normalized spacial score (nSPS) is 15.9. The lowest BCUT2D eigenvalue weighted by Gasteiger charge is -2.27. The first-order valence-corrected chi connectivity index (χ1v) is 9.47. The summed E-state index contributed by atoms with van der Waals surface area (Å²) in [5.41, 5.74) is 3.87. The minimum atomic E-state index is -0.154. The first-order valence-electron chi connectivity index (χ1n) is 9.47. The van der Waals surface area contributed by atoms with Gasteiger partial charge in [0.25, 0.3) is 0 Å². The van der Waals surface area contributed by atoms with E-state index in [0.29, 0.717) is 19.7 Å². The van der Waals surface area contributed by atoms with E-state index in [1.807, 2.05) is 56.3 Å². The minimum absolute atomic E-state index is 0.0124. The van der Waals surface area contributed by atoms with Crippen molar-refractivity contribution in [1.82, 2.24) is 9.80 Å². The molecular formula is C22H27N3O3. The Morgan fingerprint density at radius 3 is 2.61 bits per heavy atom. The molecule has 1 atom stereocenters. The second-order valence-electron chi connectivity index (χ2n) is 7.26. The highest BCUT2D eigenvalue weighted by molar-refractivity contribution is 5.89. The van der Waals surface area contributed by atoms with Gasteiger partial charge in [-0.25, -0.2) is 4.79 Å². The van der Waals surface area contributed by atoms with Crippen LogP contribution in [0.3, 0.4) is 0 Å². The molecule has 6 nitrogen and oxygen atoms in total. The van der Waals surface area contributed by atoms with Gasteiger partial charge in [0.1, 0.15) is 12.4 Å². The number of hydrogen-bond donors (Lipinski definition) is 1. The van der Waals surface area contributed by atoms with Crippen molar-refractivity contribution in [3.63, 3.8) is 0 Å². The van der Waals surface area contributed by atoms with Crippen LogP contribution in [0, 0.1) is 6.92 Å². The van der Waals surface area contributed by atoms with Crippen molar-refractivity contribution < 1.29 is 14.3 Å². The van der Waals surface area contributed by atoms with E-state index in [1.165, 1.54) is 0 Å². The summed E-state index contributed by atoms with van der Waals surface area (Å²) in [5, 5.41) is 2.97. The molecule has 1 aliphatic heterocycles. The van der Waals surface area contributed by atoms with Crippen LogP contribution in [0.5, 0.6) is 5.75 Å².